The van der Waals surface area contributed by atoms with Crippen molar-refractivity contribution in [2.45, 2.75) is 84.5 Å². The standard InChI is InChI=1S/C23H38N2O/c1-4-7-9-11-13-18-25(19-14-12-10-8-5-2)23(26)20-21-16-15-17-24-22(21)6-3/h6,15-17H,3-5,7-14,18-20H2,1-2H3. The molecule has 0 fully saturated rings. The highest BCUT2D eigenvalue weighted by atomic mass is 16.2. The van der Waals surface area contributed by atoms with Crippen LogP contribution in [0.25, 0.3) is 6.08 Å². The Kier molecular flexibility index (Phi) is 12.5. The molecule has 0 spiro atoms. The number of rotatable bonds is 15. The Morgan fingerprint density at radius 3 is 2.12 bits per heavy atom. The van der Waals surface area contributed by atoms with E-state index < -0.39 is 0 Å². The molecule has 1 rings (SSSR count). The first-order valence-electron chi connectivity index (χ1n) is 10.6. The van der Waals surface area contributed by atoms with Gasteiger partial charge in [-0.05, 0) is 30.5 Å². The van der Waals surface area contributed by atoms with Gasteiger partial charge in [0, 0.05) is 19.3 Å². The molecule has 0 aliphatic rings. The van der Waals surface area contributed by atoms with Crippen molar-refractivity contribution in [1.29, 1.82) is 0 Å². The molecule has 0 aliphatic heterocycles. The average molecular weight is 359 g/mol. The number of amides is 1. The summed E-state index contributed by atoms with van der Waals surface area (Å²) in [6, 6.07) is 3.89. The third-order valence-corrected chi connectivity index (χ3v) is 4.88. The summed E-state index contributed by atoms with van der Waals surface area (Å²) in [7, 11) is 0. The van der Waals surface area contributed by atoms with E-state index in [4.69, 9.17) is 0 Å². The molecule has 0 atom stereocenters. The van der Waals surface area contributed by atoms with Crippen molar-refractivity contribution >= 4 is 12.0 Å². The van der Waals surface area contributed by atoms with E-state index in [0.717, 1.165) is 37.2 Å². The van der Waals surface area contributed by atoms with Crippen molar-refractivity contribution in [2.75, 3.05) is 13.1 Å². The zero-order valence-electron chi connectivity index (χ0n) is 17.0. The minimum absolute atomic E-state index is 0.229. The summed E-state index contributed by atoms with van der Waals surface area (Å²) in [5.41, 5.74) is 1.81. The fourth-order valence-corrected chi connectivity index (χ4v) is 3.23. The average Bonchev–Trinajstić information content (AvgIpc) is 2.66. The lowest BCUT2D eigenvalue weighted by molar-refractivity contribution is -0.130. The fourth-order valence-electron chi connectivity index (χ4n) is 3.23. The minimum Gasteiger partial charge on any atom is -0.342 e. The van der Waals surface area contributed by atoms with E-state index in [1.165, 1.54) is 51.4 Å². The van der Waals surface area contributed by atoms with Crippen LogP contribution in [0.1, 0.15) is 89.3 Å². The summed E-state index contributed by atoms with van der Waals surface area (Å²) in [5.74, 6) is 0.229. The molecular weight excluding hydrogens is 320 g/mol. The number of pyridine rings is 1. The lowest BCUT2D eigenvalue weighted by Gasteiger charge is -2.23. The van der Waals surface area contributed by atoms with E-state index in [0.29, 0.717) is 6.42 Å². The molecule has 0 aliphatic carbocycles. The Morgan fingerprint density at radius 2 is 1.58 bits per heavy atom. The molecule has 0 aromatic carbocycles. The monoisotopic (exact) mass is 358 g/mol. The van der Waals surface area contributed by atoms with E-state index in [9.17, 15) is 4.79 Å². The van der Waals surface area contributed by atoms with Crippen LogP contribution in [0.2, 0.25) is 0 Å². The second kappa shape index (κ2) is 14.5. The van der Waals surface area contributed by atoms with E-state index in [1.54, 1.807) is 12.3 Å². The number of carbonyl (C=O) groups excluding carboxylic acids is 1. The molecule has 1 aromatic heterocycles. The molecule has 1 amide bonds. The van der Waals surface area contributed by atoms with Gasteiger partial charge >= 0.3 is 0 Å². The highest BCUT2D eigenvalue weighted by Gasteiger charge is 2.15. The minimum atomic E-state index is 0.229. The lowest BCUT2D eigenvalue weighted by atomic mass is 10.1. The number of aromatic nitrogens is 1. The van der Waals surface area contributed by atoms with Crippen LogP contribution in [0.5, 0.6) is 0 Å². The molecule has 3 heteroatoms. The van der Waals surface area contributed by atoms with E-state index in [1.807, 2.05) is 12.1 Å². The summed E-state index contributed by atoms with van der Waals surface area (Å²) in [6.45, 7) is 10.1. The summed E-state index contributed by atoms with van der Waals surface area (Å²) in [6.07, 6.45) is 16.2. The molecule has 0 radical (unpaired) electrons. The maximum absolute atomic E-state index is 12.9. The third kappa shape index (κ3) is 9.17. The molecule has 0 bridgehead atoms. The topological polar surface area (TPSA) is 33.2 Å². The number of hydrogen-bond donors (Lipinski definition) is 0. The largest absolute Gasteiger partial charge is 0.342 e. The summed E-state index contributed by atoms with van der Waals surface area (Å²) in [5, 5.41) is 0. The van der Waals surface area contributed by atoms with Gasteiger partial charge < -0.3 is 4.90 Å². The van der Waals surface area contributed by atoms with Gasteiger partial charge in [0.15, 0.2) is 0 Å². The number of hydrogen-bond acceptors (Lipinski definition) is 2. The van der Waals surface area contributed by atoms with Crippen molar-refractivity contribution in [1.82, 2.24) is 9.88 Å². The Morgan fingerprint density at radius 1 is 1.00 bits per heavy atom. The van der Waals surface area contributed by atoms with E-state index in [-0.39, 0.29) is 5.91 Å². The summed E-state index contributed by atoms with van der Waals surface area (Å²) < 4.78 is 0. The van der Waals surface area contributed by atoms with Crippen LogP contribution in [0, 0.1) is 0 Å². The Hall–Kier alpha value is -1.64. The predicted molar refractivity (Wildman–Crippen MR) is 112 cm³/mol. The third-order valence-electron chi connectivity index (χ3n) is 4.88. The van der Waals surface area contributed by atoms with Crippen molar-refractivity contribution < 1.29 is 4.79 Å². The molecule has 0 saturated carbocycles. The predicted octanol–water partition coefficient (Wildman–Crippen LogP) is 6.04. The van der Waals surface area contributed by atoms with Gasteiger partial charge in [0.25, 0.3) is 0 Å². The molecule has 146 valence electrons. The van der Waals surface area contributed by atoms with Gasteiger partial charge in [-0.1, -0.05) is 77.9 Å². The Balaban J connectivity index is 2.56. The number of unbranched alkanes of at least 4 members (excludes halogenated alkanes) is 8. The zero-order chi connectivity index (χ0) is 19.0. The Labute approximate surface area is 160 Å². The summed E-state index contributed by atoms with van der Waals surface area (Å²) >= 11 is 0. The fraction of sp³-hybridized carbons (Fsp3) is 0.652. The van der Waals surface area contributed by atoms with Gasteiger partial charge in [-0.3, -0.25) is 9.78 Å². The second-order valence-corrected chi connectivity index (χ2v) is 7.14. The molecule has 3 nitrogen and oxygen atoms in total. The van der Waals surface area contributed by atoms with Crippen LogP contribution in [0.4, 0.5) is 0 Å². The van der Waals surface area contributed by atoms with Crippen molar-refractivity contribution in [3.05, 3.63) is 36.2 Å². The molecule has 0 saturated heterocycles. The van der Waals surface area contributed by atoms with E-state index in [2.05, 4.69) is 30.3 Å². The van der Waals surface area contributed by atoms with Crippen molar-refractivity contribution in [3.8, 4) is 0 Å². The first kappa shape index (κ1) is 22.4. The van der Waals surface area contributed by atoms with Crippen LogP contribution in [0.3, 0.4) is 0 Å². The first-order valence-corrected chi connectivity index (χ1v) is 10.6. The zero-order valence-corrected chi connectivity index (χ0v) is 17.0. The van der Waals surface area contributed by atoms with E-state index >= 15 is 0 Å². The van der Waals surface area contributed by atoms with Gasteiger partial charge in [-0.15, -0.1) is 0 Å². The second-order valence-electron chi connectivity index (χ2n) is 7.14. The molecule has 1 heterocycles. The van der Waals surface area contributed by atoms with Gasteiger partial charge in [-0.25, -0.2) is 0 Å². The van der Waals surface area contributed by atoms with Gasteiger partial charge in [-0.2, -0.15) is 0 Å². The smallest absolute Gasteiger partial charge is 0.227 e. The number of carbonyl (C=O) groups is 1. The van der Waals surface area contributed by atoms with Crippen LogP contribution < -0.4 is 0 Å². The molecule has 0 unspecified atom stereocenters. The van der Waals surface area contributed by atoms with Gasteiger partial charge in [0.05, 0.1) is 12.1 Å². The first-order chi connectivity index (χ1) is 12.7. The van der Waals surface area contributed by atoms with Gasteiger partial charge in [0.2, 0.25) is 5.91 Å². The lowest BCUT2D eigenvalue weighted by Crippen LogP contribution is -2.34. The molecule has 1 aromatic rings. The summed E-state index contributed by atoms with van der Waals surface area (Å²) in [4.78, 5) is 19.3. The highest BCUT2D eigenvalue weighted by Crippen LogP contribution is 2.12. The molecule has 0 N–H and O–H groups in total. The van der Waals surface area contributed by atoms with Crippen LogP contribution >= 0.6 is 0 Å². The highest BCUT2D eigenvalue weighted by molar-refractivity contribution is 5.79. The van der Waals surface area contributed by atoms with Crippen LogP contribution in [-0.4, -0.2) is 28.9 Å². The quantitative estimate of drug-likeness (QED) is 0.358. The van der Waals surface area contributed by atoms with Crippen LogP contribution in [-0.2, 0) is 11.2 Å². The van der Waals surface area contributed by atoms with Gasteiger partial charge in [0.1, 0.15) is 0 Å². The Bertz CT molecular complexity index is 499. The van der Waals surface area contributed by atoms with Crippen molar-refractivity contribution in [2.24, 2.45) is 0 Å². The van der Waals surface area contributed by atoms with Crippen molar-refractivity contribution in [3.63, 3.8) is 0 Å². The molecule has 26 heavy (non-hydrogen) atoms. The normalized spacial score (nSPS) is 10.7. The number of nitrogens with zero attached hydrogens (tertiary/aromatic N) is 2. The molecular formula is C23H38N2O. The maximum atomic E-state index is 12.9. The SMILES string of the molecule is C=Cc1ncccc1CC(=O)N(CCCCCCC)CCCCCCC. The maximum Gasteiger partial charge on any atom is 0.227 e. The van der Waals surface area contributed by atoms with Crippen LogP contribution in [0.15, 0.2) is 24.9 Å².